The van der Waals surface area contributed by atoms with E-state index in [9.17, 15) is 14.4 Å². The zero-order valence-electron chi connectivity index (χ0n) is 17.8. The molecule has 108 valence electrons. The van der Waals surface area contributed by atoms with Gasteiger partial charge in [0.2, 0.25) is 0 Å². The van der Waals surface area contributed by atoms with Crippen LogP contribution in [0.3, 0.4) is 0 Å². The molecule has 2 aromatic rings. The molecule has 1 aliphatic rings. The zero-order chi connectivity index (χ0) is 21.2. The fraction of sp³-hybridized carbons (Fsp3) is 0.333. The summed E-state index contributed by atoms with van der Waals surface area (Å²) >= 11 is 0. The van der Waals surface area contributed by atoms with Gasteiger partial charge < -0.3 is 5.73 Å². The van der Waals surface area contributed by atoms with Crippen LogP contribution in [0.5, 0.6) is 0 Å². The number of anilines is 1. The lowest BCUT2D eigenvalue weighted by atomic mass is 9.92. The number of aromatic nitrogens is 2. The van der Waals surface area contributed by atoms with Crippen molar-refractivity contribution in [3.8, 4) is 0 Å². The van der Waals surface area contributed by atoms with E-state index in [-0.39, 0.29) is 22.6 Å². The summed E-state index contributed by atoms with van der Waals surface area (Å²) in [7, 11) is 0. The lowest BCUT2D eigenvalue weighted by molar-refractivity contribution is -0.132. The van der Waals surface area contributed by atoms with E-state index in [1.165, 1.54) is 0 Å². The molecular weight excluding hydrogens is 270 g/mol. The summed E-state index contributed by atoms with van der Waals surface area (Å²) in [5, 5.41) is -0.373. The first-order chi connectivity index (χ1) is 12.8. The van der Waals surface area contributed by atoms with E-state index >= 15 is 0 Å². The van der Waals surface area contributed by atoms with Crippen LogP contribution in [0.25, 0.3) is 10.9 Å². The third kappa shape index (κ3) is 2.12. The van der Waals surface area contributed by atoms with Gasteiger partial charge in [0.25, 0.3) is 5.56 Å². The van der Waals surface area contributed by atoms with Crippen LogP contribution in [-0.4, -0.2) is 21.1 Å². The minimum Gasteiger partial charge on any atom is -0.398 e. The molecule has 0 aliphatic heterocycles. The van der Waals surface area contributed by atoms with Crippen molar-refractivity contribution >= 4 is 28.2 Å². The first-order valence-corrected chi connectivity index (χ1v) is 6.05. The lowest BCUT2D eigenvalue weighted by Crippen LogP contribution is -2.36. The van der Waals surface area contributed by atoms with Crippen LogP contribution in [0.1, 0.15) is 40.7 Å². The SMILES string of the molecule is [2H]c1cc(N)c2c(=O)n(C3([2H])CC([2H])([2H])C(=O)CC3=O)c(C([2H])[2H])nc2c1[2H]. The fourth-order valence-electron chi connectivity index (χ4n) is 2.20. The normalized spacial score (nSPS) is 30.0. The van der Waals surface area contributed by atoms with Crippen LogP contribution in [0.4, 0.5) is 5.69 Å². The number of hydrogen-bond donors (Lipinski definition) is 1. The average molecular weight is 292 g/mol. The summed E-state index contributed by atoms with van der Waals surface area (Å²) in [6.07, 6.45) is -4.49. The molecule has 1 aliphatic carbocycles. The smallest absolute Gasteiger partial charge is 0.264 e. The van der Waals surface area contributed by atoms with Crippen molar-refractivity contribution in [1.29, 1.82) is 0 Å². The molecule has 3 rings (SSSR count). The quantitative estimate of drug-likeness (QED) is 0.628. The first kappa shape index (κ1) is 7.49. The number of nitrogens with zero attached hydrogens (tertiary/aromatic N) is 2. The Kier molecular flexibility index (Phi) is 1.71. The van der Waals surface area contributed by atoms with Gasteiger partial charge in [0.05, 0.1) is 27.5 Å². The number of ketones is 2. The van der Waals surface area contributed by atoms with Crippen LogP contribution < -0.4 is 11.3 Å². The Morgan fingerprint density at radius 3 is 3.14 bits per heavy atom. The molecule has 1 unspecified atom stereocenters. The van der Waals surface area contributed by atoms with E-state index in [0.29, 0.717) is 4.57 Å². The molecule has 1 heterocycles. The van der Waals surface area contributed by atoms with Crippen molar-refractivity contribution in [2.45, 2.75) is 32.1 Å². The molecule has 6 heteroatoms. The number of carbonyl (C=O) groups is 2. The summed E-state index contributed by atoms with van der Waals surface area (Å²) in [4.78, 5) is 41.3. The Morgan fingerprint density at radius 1 is 1.57 bits per heavy atom. The minimum absolute atomic E-state index is 0.244. The molecule has 1 atom stereocenters. The van der Waals surface area contributed by atoms with Crippen LogP contribution in [-0.2, 0) is 9.59 Å². The minimum atomic E-state index is -2.61. The summed E-state index contributed by atoms with van der Waals surface area (Å²) in [6.45, 7) is -1.97. The summed E-state index contributed by atoms with van der Waals surface area (Å²) in [6, 6.07) is -2.41. The molecule has 0 radical (unpaired) electrons. The first-order valence-electron chi connectivity index (χ1n) is 9.70. The standard InChI is InChI=1S/C15H15N3O3/c1-8-17-11-4-2-3-10(16)14(11)15(21)18(8)12-6-5-9(19)7-13(12)20/h2-4,12H,5-7,16H2,1H3/i1D2,2D,4D,5D2,12D. The maximum atomic E-state index is 13.1. The van der Waals surface area contributed by atoms with Gasteiger partial charge in [0, 0.05) is 17.5 Å². The van der Waals surface area contributed by atoms with Gasteiger partial charge in [-0.3, -0.25) is 19.0 Å². The maximum Gasteiger partial charge on any atom is 0.264 e. The van der Waals surface area contributed by atoms with E-state index in [0.717, 1.165) is 6.07 Å². The highest BCUT2D eigenvalue weighted by Gasteiger charge is 2.30. The summed E-state index contributed by atoms with van der Waals surface area (Å²) in [5.74, 6) is -2.77. The Balaban J connectivity index is 2.46. The number of hydrogen-bond acceptors (Lipinski definition) is 5. The predicted octanol–water partition coefficient (Wildman–Crippen LogP) is 1.15. The molecule has 1 fully saturated rings. The highest BCUT2D eigenvalue weighted by Crippen LogP contribution is 2.24. The number of aryl methyl sites for hydroxylation is 1. The van der Waals surface area contributed by atoms with Crippen molar-refractivity contribution < 1.29 is 19.2 Å². The van der Waals surface area contributed by atoms with Gasteiger partial charge in [-0.2, -0.15) is 0 Å². The molecule has 0 bridgehead atoms. The molecule has 1 aromatic heterocycles. The largest absolute Gasteiger partial charge is 0.398 e. The van der Waals surface area contributed by atoms with Crippen LogP contribution in [0.15, 0.2) is 22.9 Å². The molecule has 0 amide bonds. The van der Waals surface area contributed by atoms with E-state index in [1.807, 2.05) is 0 Å². The van der Waals surface area contributed by atoms with Crippen molar-refractivity contribution in [2.24, 2.45) is 0 Å². The second-order valence-corrected chi connectivity index (χ2v) is 4.53. The van der Waals surface area contributed by atoms with E-state index < -0.39 is 61.1 Å². The molecule has 1 saturated carbocycles. The monoisotopic (exact) mass is 292 g/mol. The molecular formula is C15H15N3O3. The maximum absolute atomic E-state index is 13.1. The summed E-state index contributed by atoms with van der Waals surface area (Å²) in [5.41, 5.74) is 4.08. The van der Waals surface area contributed by atoms with Gasteiger partial charge in [0.15, 0.2) is 5.78 Å². The second kappa shape index (κ2) is 4.80. The fourth-order valence-corrected chi connectivity index (χ4v) is 2.20. The zero-order valence-corrected chi connectivity index (χ0v) is 10.8. The van der Waals surface area contributed by atoms with Gasteiger partial charge >= 0.3 is 0 Å². The highest BCUT2D eigenvalue weighted by atomic mass is 16.2. The van der Waals surface area contributed by atoms with Gasteiger partial charge in [-0.1, -0.05) is 6.04 Å². The molecule has 0 saturated heterocycles. The van der Waals surface area contributed by atoms with Crippen molar-refractivity contribution in [3.63, 3.8) is 0 Å². The lowest BCUT2D eigenvalue weighted by Gasteiger charge is -2.24. The van der Waals surface area contributed by atoms with Crippen molar-refractivity contribution in [3.05, 3.63) is 34.3 Å². The number of benzene rings is 1. The van der Waals surface area contributed by atoms with E-state index in [4.69, 9.17) is 15.3 Å². The molecule has 21 heavy (non-hydrogen) atoms. The van der Waals surface area contributed by atoms with Gasteiger partial charge in [-0.05, 0) is 25.4 Å². The number of carbonyl (C=O) groups excluding carboxylic acids is 2. The molecule has 2 N–H and O–H groups in total. The van der Waals surface area contributed by atoms with Crippen LogP contribution in [0.2, 0.25) is 0 Å². The number of fused-ring (bicyclic) bond motifs is 1. The topological polar surface area (TPSA) is 95.0 Å². The Morgan fingerprint density at radius 2 is 2.38 bits per heavy atom. The Labute approximate surface area is 130 Å². The van der Waals surface area contributed by atoms with Crippen molar-refractivity contribution in [1.82, 2.24) is 9.55 Å². The summed E-state index contributed by atoms with van der Waals surface area (Å²) < 4.78 is 55.5. The van der Waals surface area contributed by atoms with E-state index in [2.05, 4.69) is 4.98 Å². The van der Waals surface area contributed by atoms with Gasteiger partial charge in [0.1, 0.15) is 11.6 Å². The van der Waals surface area contributed by atoms with Crippen LogP contribution >= 0.6 is 0 Å². The molecule has 1 aromatic carbocycles. The number of nitrogen functional groups attached to an aromatic ring is 1. The van der Waals surface area contributed by atoms with Crippen molar-refractivity contribution in [2.75, 3.05) is 5.73 Å². The van der Waals surface area contributed by atoms with E-state index in [1.54, 1.807) is 0 Å². The van der Waals surface area contributed by atoms with Gasteiger partial charge in [-0.15, -0.1) is 0 Å². The van der Waals surface area contributed by atoms with Gasteiger partial charge in [-0.25, -0.2) is 4.98 Å². The number of Topliss-reactive ketones (excluding diaryl/α,β-unsaturated/α-hetero) is 2. The third-order valence-electron chi connectivity index (χ3n) is 3.18. The number of nitrogens with two attached hydrogens (primary N) is 1. The predicted molar refractivity (Wildman–Crippen MR) is 78.1 cm³/mol. The molecule has 6 nitrogen and oxygen atoms in total. The Bertz CT molecular complexity index is 1100. The van der Waals surface area contributed by atoms with Crippen LogP contribution in [0, 0.1) is 6.88 Å². The third-order valence-corrected chi connectivity index (χ3v) is 3.18. The second-order valence-electron chi connectivity index (χ2n) is 4.53. The number of rotatable bonds is 1. The average Bonchev–Trinajstić information content (AvgIpc) is 2.56. The molecule has 0 spiro atoms. The highest BCUT2D eigenvalue weighted by molar-refractivity contribution is 6.03. The Hall–Kier alpha value is -2.50.